The third kappa shape index (κ3) is 4.57. The van der Waals surface area contributed by atoms with Crippen LogP contribution < -0.4 is 14.5 Å². The molecule has 2 aliphatic rings. The van der Waals surface area contributed by atoms with E-state index in [9.17, 15) is 19.5 Å². The van der Waals surface area contributed by atoms with E-state index < -0.39 is 17.5 Å². The number of benzene rings is 2. The largest absolute Gasteiger partial charge is 0.481 e. The summed E-state index contributed by atoms with van der Waals surface area (Å²) in [5.41, 5.74) is 1.73. The van der Waals surface area contributed by atoms with Crippen molar-refractivity contribution >= 4 is 29.4 Å². The molecule has 4 heterocycles. The standard InChI is InChI=1S/C29H27N7O5/c1-41-24-15-23(31-18-32-24)36-28(40)35(21-9-7-20(8-10-21)19-5-3-2-4-6-19)27(39)29(36)11-13-34(14-12-29)16-22-25(26(37)38)33-17-30-22/h2-10,15,17-18H,11-14,16H2,1H3,(H,30,33)(H,37,38). The number of rotatable bonds is 7. The first-order chi connectivity index (χ1) is 19.9. The number of aromatic amines is 1. The molecule has 0 saturated carbocycles. The van der Waals surface area contributed by atoms with Crippen LogP contribution in [0.5, 0.6) is 5.88 Å². The summed E-state index contributed by atoms with van der Waals surface area (Å²) in [4.78, 5) is 59.7. The molecule has 3 amide bonds. The second-order valence-electron chi connectivity index (χ2n) is 9.93. The predicted molar refractivity (Wildman–Crippen MR) is 149 cm³/mol. The number of amides is 3. The number of likely N-dealkylation sites (tertiary alicyclic amines) is 1. The molecule has 2 aliphatic heterocycles. The average molecular weight is 554 g/mol. The van der Waals surface area contributed by atoms with Gasteiger partial charge in [-0.2, -0.15) is 0 Å². The molecule has 2 aromatic heterocycles. The monoisotopic (exact) mass is 553 g/mol. The number of aromatic carboxylic acids is 1. The number of piperidine rings is 1. The lowest BCUT2D eigenvalue weighted by molar-refractivity contribution is -0.123. The Morgan fingerprint density at radius 1 is 1.00 bits per heavy atom. The molecule has 1 spiro atoms. The summed E-state index contributed by atoms with van der Waals surface area (Å²) in [6.07, 6.45) is 3.29. The van der Waals surface area contributed by atoms with Gasteiger partial charge in [0.15, 0.2) is 0 Å². The third-order valence-electron chi connectivity index (χ3n) is 7.70. The number of carbonyl (C=O) groups excluding carboxylic acids is 2. The number of anilines is 2. The molecule has 0 aliphatic carbocycles. The zero-order valence-electron chi connectivity index (χ0n) is 22.2. The van der Waals surface area contributed by atoms with E-state index in [1.807, 2.05) is 47.4 Å². The van der Waals surface area contributed by atoms with Crippen LogP contribution in [-0.4, -0.2) is 73.6 Å². The smallest absolute Gasteiger partial charge is 0.354 e. The fourth-order valence-electron chi connectivity index (χ4n) is 5.57. The number of urea groups is 1. The molecule has 0 radical (unpaired) electrons. The number of hydrogen-bond donors (Lipinski definition) is 2. The Hall–Kier alpha value is -5.10. The zero-order chi connectivity index (χ0) is 28.6. The Morgan fingerprint density at radius 3 is 2.39 bits per heavy atom. The molecule has 41 heavy (non-hydrogen) atoms. The van der Waals surface area contributed by atoms with E-state index in [-0.39, 0.29) is 23.3 Å². The van der Waals surface area contributed by atoms with Crippen molar-refractivity contribution in [2.24, 2.45) is 0 Å². The van der Waals surface area contributed by atoms with E-state index in [1.165, 1.54) is 29.6 Å². The Labute approximate surface area is 235 Å². The summed E-state index contributed by atoms with van der Waals surface area (Å²) in [6, 6.07) is 18.2. The van der Waals surface area contributed by atoms with Crippen LogP contribution in [0.3, 0.4) is 0 Å². The van der Waals surface area contributed by atoms with Crippen LogP contribution in [0.2, 0.25) is 0 Å². The zero-order valence-corrected chi connectivity index (χ0v) is 22.2. The van der Waals surface area contributed by atoms with Crippen LogP contribution in [0.15, 0.2) is 73.3 Å². The average Bonchev–Trinajstić information content (AvgIpc) is 3.55. The number of carboxylic acids is 1. The molecule has 208 valence electrons. The molecule has 0 atom stereocenters. The van der Waals surface area contributed by atoms with Gasteiger partial charge in [0.2, 0.25) is 5.88 Å². The van der Waals surface area contributed by atoms with Crippen molar-refractivity contribution in [1.29, 1.82) is 0 Å². The van der Waals surface area contributed by atoms with Crippen LogP contribution in [-0.2, 0) is 11.3 Å². The summed E-state index contributed by atoms with van der Waals surface area (Å²) in [6.45, 7) is 1.17. The van der Waals surface area contributed by atoms with Gasteiger partial charge in [-0.15, -0.1) is 0 Å². The van der Waals surface area contributed by atoms with Gasteiger partial charge in [0.1, 0.15) is 23.4 Å². The first-order valence-electron chi connectivity index (χ1n) is 13.1. The van der Waals surface area contributed by atoms with Gasteiger partial charge in [-0.05, 0) is 36.1 Å². The SMILES string of the molecule is COc1cc(N2C(=O)N(c3ccc(-c4ccccc4)cc3)C(=O)C23CCN(Cc2nc[nH]c2C(=O)O)CC3)ncn1. The Morgan fingerprint density at radius 2 is 1.71 bits per heavy atom. The molecular weight excluding hydrogens is 526 g/mol. The number of hydrogen-bond acceptors (Lipinski definition) is 8. The van der Waals surface area contributed by atoms with Crippen molar-refractivity contribution in [2.75, 3.05) is 30.0 Å². The molecule has 6 rings (SSSR count). The van der Waals surface area contributed by atoms with Crippen LogP contribution in [0, 0.1) is 0 Å². The number of imide groups is 1. The molecule has 0 bridgehead atoms. The highest BCUT2D eigenvalue weighted by Crippen LogP contribution is 2.42. The van der Waals surface area contributed by atoms with Gasteiger partial charge in [-0.25, -0.2) is 29.4 Å². The van der Waals surface area contributed by atoms with Crippen molar-refractivity contribution < 1.29 is 24.2 Å². The Bertz CT molecular complexity index is 1600. The summed E-state index contributed by atoms with van der Waals surface area (Å²) in [5, 5.41) is 9.43. The lowest BCUT2D eigenvalue weighted by Gasteiger charge is -2.41. The maximum Gasteiger partial charge on any atom is 0.354 e. The number of ether oxygens (including phenoxy) is 1. The van der Waals surface area contributed by atoms with E-state index in [0.717, 1.165) is 11.1 Å². The van der Waals surface area contributed by atoms with Crippen LogP contribution in [0.4, 0.5) is 16.3 Å². The Kier molecular flexibility index (Phi) is 6.67. The second-order valence-corrected chi connectivity index (χ2v) is 9.93. The van der Waals surface area contributed by atoms with E-state index in [0.29, 0.717) is 43.9 Å². The van der Waals surface area contributed by atoms with E-state index in [4.69, 9.17) is 4.74 Å². The normalized spacial score (nSPS) is 16.9. The topological polar surface area (TPSA) is 145 Å². The number of methoxy groups -OCH3 is 1. The first-order valence-corrected chi connectivity index (χ1v) is 13.1. The minimum atomic E-state index is -1.19. The van der Waals surface area contributed by atoms with Gasteiger partial charge in [0.05, 0.1) is 24.8 Å². The van der Waals surface area contributed by atoms with Crippen molar-refractivity contribution in [3.63, 3.8) is 0 Å². The van der Waals surface area contributed by atoms with Crippen molar-refractivity contribution in [3.8, 4) is 17.0 Å². The van der Waals surface area contributed by atoms with Gasteiger partial charge >= 0.3 is 12.0 Å². The van der Waals surface area contributed by atoms with Crippen molar-refractivity contribution in [2.45, 2.75) is 24.9 Å². The third-order valence-corrected chi connectivity index (χ3v) is 7.70. The molecule has 0 unspecified atom stereocenters. The number of H-pyrrole nitrogens is 1. The van der Waals surface area contributed by atoms with Crippen LogP contribution >= 0.6 is 0 Å². The summed E-state index contributed by atoms with van der Waals surface area (Å²) >= 11 is 0. The number of aromatic nitrogens is 4. The molecule has 4 aromatic rings. The van der Waals surface area contributed by atoms with E-state index in [1.54, 1.807) is 18.2 Å². The molecule has 2 fully saturated rings. The number of carbonyl (C=O) groups is 3. The van der Waals surface area contributed by atoms with Gasteiger partial charge in [0.25, 0.3) is 5.91 Å². The van der Waals surface area contributed by atoms with Crippen molar-refractivity contribution in [3.05, 3.63) is 84.7 Å². The van der Waals surface area contributed by atoms with Gasteiger partial charge in [-0.1, -0.05) is 42.5 Å². The molecule has 2 saturated heterocycles. The van der Waals surface area contributed by atoms with E-state index in [2.05, 4.69) is 19.9 Å². The number of nitrogens with zero attached hydrogens (tertiary/aromatic N) is 6. The maximum atomic E-state index is 14.2. The highest BCUT2D eigenvalue weighted by molar-refractivity contribution is 6.30. The number of nitrogens with one attached hydrogen (secondary N) is 1. The predicted octanol–water partition coefficient (Wildman–Crippen LogP) is 3.58. The lowest BCUT2D eigenvalue weighted by atomic mass is 9.85. The quantitative estimate of drug-likeness (QED) is 0.328. The first kappa shape index (κ1) is 26.1. The summed E-state index contributed by atoms with van der Waals surface area (Å²) < 4.78 is 5.27. The molecule has 2 aromatic carbocycles. The highest BCUT2D eigenvalue weighted by atomic mass is 16.5. The van der Waals surface area contributed by atoms with E-state index >= 15 is 0 Å². The van der Waals surface area contributed by atoms with Crippen LogP contribution in [0.1, 0.15) is 29.0 Å². The van der Waals surface area contributed by atoms with Crippen LogP contribution in [0.25, 0.3) is 11.1 Å². The molecule has 12 heteroatoms. The molecular formula is C29H27N7O5. The Balaban J connectivity index is 1.32. The lowest BCUT2D eigenvalue weighted by Crippen LogP contribution is -2.57. The van der Waals surface area contributed by atoms with Gasteiger partial charge in [-0.3, -0.25) is 14.6 Å². The maximum absolute atomic E-state index is 14.2. The fraction of sp³-hybridized carbons (Fsp3) is 0.241. The fourth-order valence-corrected chi connectivity index (χ4v) is 5.57. The number of imidazole rings is 1. The minimum absolute atomic E-state index is 0.0391. The summed E-state index contributed by atoms with van der Waals surface area (Å²) in [7, 11) is 1.47. The van der Waals surface area contributed by atoms with Crippen molar-refractivity contribution in [1.82, 2.24) is 24.8 Å². The molecule has 12 nitrogen and oxygen atoms in total. The minimum Gasteiger partial charge on any atom is -0.481 e. The second kappa shape index (κ2) is 10.5. The molecule has 2 N–H and O–H groups in total. The summed E-state index contributed by atoms with van der Waals surface area (Å²) in [5.74, 6) is -0.876. The highest BCUT2D eigenvalue weighted by Gasteiger charge is 2.59. The van der Waals surface area contributed by atoms with Gasteiger partial charge < -0.3 is 14.8 Å². The number of carboxylic acid groups (broad SMARTS) is 1. The van der Waals surface area contributed by atoms with Gasteiger partial charge in [0, 0.05) is 25.7 Å².